The predicted molar refractivity (Wildman–Crippen MR) is 125 cm³/mol. The van der Waals surface area contributed by atoms with E-state index in [0.29, 0.717) is 30.0 Å². The maximum Gasteiger partial charge on any atom is 0.432 e. The summed E-state index contributed by atoms with van der Waals surface area (Å²) in [5.74, 6) is 1.23. The zero-order chi connectivity index (χ0) is 22.5. The summed E-state index contributed by atoms with van der Waals surface area (Å²) < 4.78 is 12.0. The van der Waals surface area contributed by atoms with Crippen molar-refractivity contribution in [2.24, 2.45) is 16.7 Å². The molecule has 174 valence electrons. The normalized spacial score (nSPS) is 27.5. The van der Waals surface area contributed by atoms with E-state index in [1.54, 1.807) is 7.11 Å². The summed E-state index contributed by atoms with van der Waals surface area (Å²) in [7, 11) is 1.64. The van der Waals surface area contributed by atoms with Crippen molar-refractivity contribution in [3.63, 3.8) is 0 Å². The van der Waals surface area contributed by atoms with Crippen LogP contribution in [-0.4, -0.2) is 62.6 Å². The van der Waals surface area contributed by atoms with Crippen molar-refractivity contribution in [2.75, 3.05) is 56.7 Å². The fourth-order valence-corrected chi connectivity index (χ4v) is 6.52. The molecule has 5 rings (SSSR count). The van der Waals surface area contributed by atoms with Gasteiger partial charge in [0.1, 0.15) is 11.3 Å². The summed E-state index contributed by atoms with van der Waals surface area (Å²) in [6, 6.07) is 3.99. The van der Waals surface area contributed by atoms with E-state index in [-0.39, 0.29) is 10.8 Å². The maximum absolute atomic E-state index is 12.7. The Kier molecular flexibility index (Phi) is 5.46. The van der Waals surface area contributed by atoms with Gasteiger partial charge in [0, 0.05) is 26.2 Å². The molecule has 2 atom stereocenters. The lowest BCUT2D eigenvalue weighted by atomic mass is 9.63. The molecule has 2 bridgehead atoms. The number of hydroxylamine groups is 2. The number of hydrogen-bond donors (Lipinski definition) is 1. The van der Waals surface area contributed by atoms with Crippen LogP contribution in [0.15, 0.2) is 12.1 Å². The number of morpholine rings is 1. The Balaban J connectivity index is 1.32. The van der Waals surface area contributed by atoms with Gasteiger partial charge < -0.3 is 19.2 Å². The molecule has 9 heteroatoms. The highest BCUT2D eigenvalue weighted by Crippen LogP contribution is 2.59. The average molecular weight is 461 g/mol. The van der Waals surface area contributed by atoms with Crippen LogP contribution in [0.25, 0.3) is 10.2 Å². The summed E-state index contributed by atoms with van der Waals surface area (Å²) in [5, 5.41) is 5.20. The average Bonchev–Trinajstić information content (AvgIpc) is 3.20. The SMILES string of the molecule is COc1ccc(N2CCOCC2)c2sc(NC(=O)ON3CC4CC[C@@](C)(C3)C4(C)C)nc12. The molecular weight excluding hydrogens is 428 g/mol. The second-order valence-electron chi connectivity index (χ2n) is 9.93. The number of fused-ring (bicyclic) bond motifs is 3. The minimum absolute atomic E-state index is 0.159. The fourth-order valence-electron chi connectivity index (χ4n) is 5.51. The first-order valence-corrected chi connectivity index (χ1v) is 12.2. The number of thiazole rings is 1. The quantitative estimate of drug-likeness (QED) is 0.726. The number of ether oxygens (including phenoxy) is 2. The van der Waals surface area contributed by atoms with Gasteiger partial charge in [-0.25, -0.2) is 9.78 Å². The second-order valence-corrected chi connectivity index (χ2v) is 10.9. The van der Waals surface area contributed by atoms with E-state index in [9.17, 15) is 4.79 Å². The number of hydrogen-bond acceptors (Lipinski definition) is 8. The third kappa shape index (κ3) is 3.60. The van der Waals surface area contributed by atoms with Crippen LogP contribution in [0.2, 0.25) is 0 Å². The first-order chi connectivity index (χ1) is 15.3. The molecule has 1 aromatic carbocycles. The first-order valence-electron chi connectivity index (χ1n) is 11.3. The molecule has 1 N–H and O–H groups in total. The summed E-state index contributed by atoms with van der Waals surface area (Å²) in [6.45, 7) is 11.6. The van der Waals surface area contributed by atoms with Crippen LogP contribution in [0.1, 0.15) is 33.6 Å². The maximum atomic E-state index is 12.7. The molecule has 2 aliphatic heterocycles. The Hall–Kier alpha value is -2.10. The number of carbonyl (C=O) groups is 1. The number of rotatable bonds is 4. The van der Waals surface area contributed by atoms with Crippen LogP contribution >= 0.6 is 11.3 Å². The molecule has 1 aliphatic carbocycles. The third-order valence-electron chi connectivity index (χ3n) is 8.05. The number of benzene rings is 1. The molecule has 1 aromatic heterocycles. The number of methoxy groups -OCH3 is 1. The standard InChI is InChI=1S/C23H32N4O4S/c1-22(2)15-7-8-23(22,3)14-27(13-15)31-21(28)25-20-24-18-17(29-4)6-5-16(19(18)32-20)26-9-11-30-12-10-26/h5-6,15H,7-14H2,1-4H3,(H,24,25,28)/t15?,23-/m0/s1. The monoisotopic (exact) mass is 460 g/mol. The van der Waals surface area contributed by atoms with Crippen LogP contribution in [0, 0.1) is 16.7 Å². The van der Waals surface area contributed by atoms with Gasteiger partial charge in [-0.05, 0) is 41.7 Å². The molecule has 1 unspecified atom stereocenters. The van der Waals surface area contributed by atoms with Gasteiger partial charge in [-0.3, -0.25) is 5.32 Å². The zero-order valence-corrected chi connectivity index (χ0v) is 20.1. The molecule has 3 heterocycles. The van der Waals surface area contributed by atoms with E-state index in [2.05, 4.69) is 42.0 Å². The fraction of sp³-hybridized carbons (Fsp3) is 0.652. The van der Waals surface area contributed by atoms with Gasteiger partial charge in [0.15, 0.2) is 5.13 Å². The number of aromatic nitrogens is 1. The Morgan fingerprint density at radius 1 is 1.28 bits per heavy atom. The summed E-state index contributed by atoms with van der Waals surface area (Å²) >= 11 is 1.45. The first kappa shape index (κ1) is 21.7. The van der Waals surface area contributed by atoms with Crippen LogP contribution in [0.4, 0.5) is 15.6 Å². The Morgan fingerprint density at radius 3 is 2.78 bits per heavy atom. The molecule has 32 heavy (non-hydrogen) atoms. The minimum Gasteiger partial charge on any atom is -0.494 e. The number of nitrogens with one attached hydrogen (secondary N) is 1. The lowest BCUT2D eigenvalue weighted by Gasteiger charge is -2.49. The van der Waals surface area contributed by atoms with E-state index < -0.39 is 6.09 Å². The van der Waals surface area contributed by atoms with Crippen molar-refractivity contribution in [3.05, 3.63) is 12.1 Å². The van der Waals surface area contributed by atoms with Crippen molar-refractivity contribution in [3.8, 4) is 5.75 Å². The van der Waals surface area contributed by atoms with Gasteiger partial charge in [-0.15, -0.1) is 5.06 Å². The summed E-state index contributed by atoms with van der Waals surface area (Å²) in [5.41, 5.74) is 2.27. The topological polar surface area (TPSA) is 76.2 Å². The van der Waals surface area contributed by atoms with Crippen molar-refractivity contribution in [2.45, 2.75) is 33.6 Å². The van der Waals surface area contributed by atoms with Crippen LogP contribution in [0.5, 0.6) is 5.75 Å². The molecular formula is C23H32N4O4S. The van der Waals surface area contributed by atoms with Gasteiger partial charge in [-0.2, -0.15) is 0 Å². The molecule has 0 spiro atoms. The zero-order valence-electron chi connectivity index (χ0n) is 19.3. The Labute approximate surface area is 192 Å². The predicted octanol–water partition coefficient (Wildman–Crippen LogP) is 4.36. The van der Waals surface area contributed by atoms with Gasteiger partial charge in [0.2, 0.25) is 0 Å². The van der Waals surface area contributed by atoms with Gasteiger partial charge >= 0.3 is 6.09 Å². The largest absolute Gasteiger partial charge is 0.494 e. The molecule has 3 fully saturated rings. The molecule has 1 saturated carbocycles. The van der Waals surface area contributed by atoms with Gasteiger partial charge in [-0.1, -0.05) is 32.1 Å². The highest BCUT2D eigenvalue weighted by atomic mass is 32.1. The van der Waals surface area contributed by atoms with Crippen LogP contribution in [-0.2, 0) is 9.57 Å². The van der Waals surface area contributed by atoms with Crippen LogP contribution in [0.3, 0.4) is 0 Å². The third-order valence-corrected chi connectivity index (χ3v) is 9.04. The van der Waals surface area contributed by atoms with E-state index >= 15 is 0 Å². The minimum atomic E-state index is -0.487. The number of carbonyl (C=O) groups excluding carboxylic acids is 1. The smallest absolute Gasteiger partial charge is 0.432 e. The highest BCUT2D eigenvalue weighted by molar-refractivity contribution is 7.23. The Morgan fingerprint density at radius 2 is 2.06 bits per heavy atom. The highest BCUT2D eigenvalue weighted by Gasteiger charge is 2.56. The van der Waals surface area contributed by atoms with Crippen molar-refractivity contribution >= 4 is 38.5 Å². The van der Waals surface area contributed by atoms with Crippen molar-refractivity contribution in [1.82, 2.24) is 10.0 Å². The lowest BCUT2D eigenvalue weighted by Crippen LogP contribution is -2.52. The molecule has 1 amide bonds. The van der Waals surface area contributed by atoms with Gasteiger partial charge in [0.05, 0.1) is 30.7 Å². The van der Waals surface area contributed by atoms with E-state index in [0.717, 1.165) is 42.1 Å². The number of amides is 1. The Bertz CT molecular complexity index is 1020. The van der Waals surface area contributed by atoms with Crippen LogP contribution < -0.4 is 15.0 Å². The number of anilines is 2. The van der Waals surface area contributed by atoms with Crippen molar-refractivity contribution < 1.29 is 19.1 Å². The molecule has 2 aromatic rings. The van der Waals surface area contributed by atoms with E-state index in [4.69, 9.17) is 14.3 Å². The molecule has 0 radical (unpaired) electrons. The van der Waals surface area contributed by atoms with Crippen molar-refractivity contribution in [1.29, 1.82) is 0 Å². The molecule has 2 saturated heterocycles. The number of piperidine rings is 1. The second kappa shape index (κ2) is 8.04. The molecule has 3 aliphatic rings. The van der Waals surface area contributed by atoms with E-state index in [1.165, 1.54) is 24.2 Å². The summed E-state index contributed by atoms with van der Waals surface area (Å²) in [4.78, 5) is 25.4. The van der Waals surface area contributed by atoms with Gasteiger partial charge in [0.25, 0.3) is 0 Å². The number of nitrogens with zero attached hydrogens (tertiary/aromatic N) is 3. The van der Waals surface area contributed by atoms with E-state index in [1.807, 2.05) is 11.1 Å². The lowest BCUT2D eigenvalue weighted by molar-refractivity contribution is -0.171. The molecule has 8 nitrogen and oxygen atoms in total. The summed E-state index contributed by atoms with van der Waals surface area (Å²) in [6.07, 6.45) is 1.87.